The van der Waals surface area contributed by atoms with Crippen molar-refractivity contribution in [2.75, 3.05) is 19.7 Å². The van der Waals surface area contributed by atoms with Crippen LogP contribution in [0.15, 0.2) is 24.4 Å². The lowest BCUT2D eigenvalue weighted by molar-refractivity contribution is -0.121. The molecule has 1 aromatic carbocycles. The second-order valence-electron chi connectivity index (χ2n) is 5.92. The van der Waals surface area contributed by atoms with Crippen molar-refractivity contribution in [1.82, 2.24) is 25.6 Å². The van der Waals surface area contributed by atoms with E-state index in [0.29, 0.717) is 44.6 Å². The Balaban J connectivity index is 1.75. The Kier molecular flexibility index (Phi) is 5.77. The third kappa shape index (κ3) is 4.78. The van der Waals surface area contributed by atoms with Crippen LogP contribution in [-0.2, 0) is 17.8 Å². The summed E-state index contributed by atoms with van der Waals surface area (Å²) in [6.07, 6.45) is 3.16. The molecule has 0 spiro atoms. The van der Waals surface area contributed by atoms with Gasteiger partial charge in [0.05, 0.1) is 17.8 Å². The second-order valence-corrected chi connectivity index (χ2v) is 5.92. The van der Waals surface area contributed by atoms with E-state index in [-0.39, 0.29) is 18.1 Å². The number of hydrogen-bond acceptors (Lipinski definition) is 5. The molecule has 26 heavy (non-hydrogen) atoms. The van der Waals surface area contributed by atoms with E-state index in [1.807, 2.05) is 0 Å². The molecular formula is C17H20FN5O3. The number of nitrogens with zero attached hydrogens (tertiary/aromatic N) is 3. The summed E-state index contributed by atoms with van der Waals surface area (Å²) >= 11 is 0. The molecule has 1 aliphatic rings. The quantitative estimate of drug-likeness (QED) is 0.719. The lowest BCUT2D eigenvalue weighted by Crippen LogP contribution is -2.30. The number of rotatable bonds is 0. The summed E-state index contributed by atoms with van der Waals surface area (Å²) in [6, 6.07) is 3.83. The van der Waals surface area contributed by atoms with E-state index < -0.39 is 11.7 Å². The molecule has 0 fully saturated rings. The average Bonchev–Trinajstić information content (AvgIpc) is 3.08. The summed E-state index contributed by atoms with van der Waals surface area (Å²) in [4.78, 5) is 24.1. The molecular weight excluding hydrogens is 341 g/mol. The summed E-state index contributed by atoms with van der Waals surface area (Å²) in [7, 11) is 0. The summed E-state index contributed by atoms with van der Waals surface area (Å²) in [5.41, 5.74) is 0.862. The van der Waals surface area contributed by atoms with Crippen LogP contribution in [0.2, 0.25) is 0 Å². The van der Waals surface area contributed by atoms with Crippen LogP contribution in [-0.4, -0.2) is 46.5 Å². The zero-order valence-electron chi connectivity index (χ0n) is 14.2. The molecule has 0 saturated heterocycles. The summed E-state index contributed by atoms with van der Waals surface area (Å²) in [6.45, 7) is 1.47. The lowest BCUT2D eigenvalue weighted by atomic mass is 10.1. The molecule has 2 bridgehead atoms. The zero-order valence-corrected chi connectivity index (χ0v) is 14.2. The van der Waals surface area contributed by atoms with Gasteiger partial charge in [0.25, 0.3) is 5.91 Å². The van der Waals surface area contributed by atoms with E-state index in [0.717, 1.165) is 11.8 Å². The summed E-state index contributed by atoms with van der Waals surface area (Å²) in [5, 5.41) is 13.5. The van der Waals surface area contributed by atoms with Crippen LogP contribution in [0.3, 0.4) is 0 Å². The third-order valence-corrected chi connectivity index (χ3v) is 3.92. The minimum absolute atomic E-state index is 0.0778. The van der Waals surface area contributed by atoms with Crippen LogP contribution in [0, 0.1) is 5.82 Å². The molecule has 0 aliphatic carbocycles. The summed E-state index contributed by atoms with van der Waals surface area (Å²) in [5.74, 6) is -0.701. The van der Waals surface area contributed by atoms with E-state index in [4.69, 9.17) is 4.74 Å². The molecule has 9 heteroatoms. The normalized spacial score (nSPS) is 16.7. The van der Waals surface area contributed by atoms with Gasteiger partial charge >= 0.3 is 0 Å². The predicted octanol–water partition coefficient (Wildman–Crippen LogP) is 0.679. The van der Waals surface area contributed by atoms with Crippen LogP contribution < -0.4 is 15.4 Å². The standard InChI is InChI=1S/C17H20FN5O3/c18-12-2-4-15-14(10-12)17(25)20-7-1-6-19-16(24)5-3-13-11-23(22-21-13)8-9-26-15/h2,4,10-11H,1,3,5-9H2,(H,19,24)(H,20,25). The van der Waals surface area contributed by atoms with E-state index in [1.165, 1.54) is 12.1 Å². The smallest absolute Gasteiger partial charge is 0.255 e. The van der Waals surface area contributed by atoms with Crippen molar-refractivity contribution in [3.05, 3.63) is 41.5 Å². The number of carbonyl (C=O) groups excluding carboxylic acids is 2. The second kappa shape index (κ2) is 8.41. The van der Waals surface area contributed by atoms with Crippen LogP contribution in [0.4, 0.5) is 4.39 Å². The van der Waals surface area contributed by atoms with Gasteiger partial charge in [0.2, 0.25) is 5.91 Å². The van der Waals surface area contributed by atoms with Crippen molar-refractivity contribution in [2.45, 2.75) is 25.8 Å². The Labute approximate surface area is 149 Å². The number of fused-ring (bicyclic) bond motifs is 3. The summed E-state index contributed by atoms with van der Waals surface area (Å²) < 4.78 is 20.8. The maximum absolute atomic E-state index is 13.5. The van der Waals surface area contributed by atoms with Crippen LogP contribution in [0.5, 0.6) is 5.75 Å². The van der Waals surface area contributed by atoms with Crippen molar-refractivity contribution in [2.24, 2.45) is 0 Å². The minimum Gasteiger partial charge on any atom is -0.491 e. The highest BCUT2D eigenvalue weighted by Gasteiger charge is 2.14. The highest BCUT2D eigenvalue weighted by Crippen LogP contribution is 2.20. The number of benzene rings is 1. The number of aromatic nitrogens is 3. The van der Waals surface area contributed by atoms with Crippen LogP contribution >= 0.6 is 0 Å². The number of nitrogens with one attached hydrogen (secondary N) is 2. The SMILES string of the molecule is O=C1CCc2cn(nn2)CCOc2ccc(F)cc2C(=O)NCCCN1. The monoisotopic (exact) mass is 361 g/mol. The largest absolute Gasteiger partial charge is 0.491 e. The van der Waals surface area contributed by atoms with E-state index in [2.05, 4.69) is 20.9 Å². The molecule has 2 aromatic rings. The molecule has 0 atom stereocenters. The van der Waals surface area contributed by atoms with Gasteiger partial charge in [-0.2, -0.15) is 0 Å². The molecule has 0 saturated carbocycles. The maximum Gasteiger partial charge on any atom is 0.255 e. The molecule has 3 rings (SSSR count). The van der Waals surface area contributed by atoms with Gasteiger partial charge < -0.3 is 15.4 Å². The first kappa shape index (κ1) is 17.8. The van der Waals surface area contributed by atoms with E-state index >= 15 is 0 Å². The fraction of sp³-hybridized carbons (Fsp3) is 0.412. The van der Waals surface area contributed by atoms with E-state index in [1.54, 1.807) is 10.9 Å². The Morgan fingerprint density at radius 1 is 1.15 bits per heavy atom. The Hall–Kier alpha value is -2.97. The Bertz CT molecular complexity index is 792. The first-order valence-corrected chi connectivity index (χ1v) is 8.48. The number of amides is 2. The molecule has 138 valence electrons. The highest BCUT2D eigenvalue weighted by molar-refractivity contribution is 5.96. The van der Waals surface area contributed by atoms with Crippen LogP contribution in [0.25, 0.3) is 0 Å². The Morgan fingerprint density at radius 2 is 2.00 bits per heavy atom. The van der Waals surface area contributed by atoms with Gasteiger partial charge in [-0.3, -0.25) is 9.59 Å². The minimum atomic E-state index is -0.512. The van der Waals surface area contributed by atoms with E-state index in [9.17, 15) is 14.0 Å². The van der Waals surface area contributed by atoms with Gasteiger partial charge in [0, 0.05) is 32.1 Å². The third-order valence-electron chi connectivity index (χ3n) is 3.92. The predicted molar refractivity (Wildman–Crippen MR) is 90.2 cm³/mol. The van der Waals surface area contributed by atoms with Crippen molar-refractivity contribution < 1.29 is 18.7 Å². The lowest BCUT2D eigenvalue weighted by Gasteiger charge is -2.12. The number of ether oxygens (including phenoxy) is 1. The number of carbonyl (C=O) groups is 2. The molecule has 1 aliphatic heterocycles. The molecule has 0 radical (unpaired) electrons. The highest BCUT2D eigenvalue weighted by atomic mass is 19.1. The number of hydrogen-bond donors (Lipinski definition) is 2. The van der Waals surface area contributed by atoms with Gasteiger partial charge in [-0.15, -0.1) is 5.10 Å². The number of aryl methyl sites for hydroxylation is 1. The molecule has 8 nitrogen and oxygen atoms in total. The van der Waals surface area contributed by atoms with Crippen LogP contribution in [0.1, 0.15) is 28.9 Å². The topological polar surface area (TPSA) is 98.1 Å². The van der Waals surface area contributed by atoms with Gasteiger partial charge in [-0.1, -0.05) is 5.21 Å². The first-order chi connectivity index (χ1) is 12.6. The molecule has 0 unspecified atom stereocenters. The van der Waals surface area contributed by atoms with Crippen molar-refractivity contribution in [3.63, 3.8) is 0 Å². The maximum atomic E-state index is 13.5. The molecule has 1 aromatic heterocycles. The van der Waals surface area contributed by atoms with Crippen molar-refractivity contribution >= 4 is 11.8 Å². The van der Waals surface area contributed by atoms with Gasteiger partial charge in [-0.05, 0) is 24.6 Å². The molecule has 2 heterocycles. The average molecular weight is 361 g/mol. The fourth-order valence-electron chi connectivity index (χ4n) is 2.56. The van der Waals surface area contributed by atoms with Gasteiger partial charge in [-0.25, -0.2) is 9.07 Å². The number of halogens is 1. The van der Waals surface area contributed by atoms with Crippen molar-refractivity contribution in [1.29, 1.82) is 0 Å². The first-order valence-electron chi connectivity index (χ1n) is 8.48. The van der Waals surface area contributed by atoms with Crippen molar-refractivity contribution in [3.8, 4) is 5.75 Å². The van der Waals surface area contributed by atoms with Gasteiger partial charge in [0.15, 0.2) is 0 Å². The van der Waals surface area contributed by atoms with Gasteiger partial charge in [0.1, 0.15) is 18.2 Å². The zero-order chi connectivity index (χ0) is 18.4. The Morgan fingerprint density at radius 3 is 2.88 bits per heavy atom. The molecule has 2 N–H and O–H groups in total. The molecule has 2 amide bonds. The fourth-order valence-corrected chi connectivity index (χ4v) is 2.56.